The summed E-state index contributed by atoms with van der Waals surface area (Å²) >= 11 is 6.17. The molecule has 0 saturated carbocycles. The van der Waals surface area contributed by atoms with Crippen LogP contribution in [-0.2, 0) is 9.59 Å². The normalized spacial score (nSPS) is 13.5. The highest BCUT2D eigenvalue weighted by atomic mass is 35.5. The number of amides is 2. The van der Waals surface area contributed by atoms with Gasteiger partial charge in [0.1, 0.15) is 17.2 Å². The SMILES string of the molecule is CCOc1ccc(N2C(=O)C(Nc3cc(Cl)ccc3OC)=C(c3ccc(C)cc3)C2=O)cc1. The number of carbonyl (C=O) groups is 2. The summed E-state index contributed by atoms with van der Waals surface area (Å²) in [6.07, 6.45) is 0. The molecule has 0 unspecified atom stereocenters. The highest BCUT2D eigenvalue weighted by Crippen LogP contribution is 2.37. The molecule has 1 heterocycles. The number of methoxy groups -OCH3 is 1. The minimum absolute atomic E-state index is 0.151. The average molecular weight is 463 g/mol. The van der Waals surface area contributed by atoms with Crippen LogP contribution in [0.25, 0.3) is 5.57 Å². The zero-order chi connectivity index (χ0) is 23.5. The zero-order valence-corrected chi connectivity index (χ0v) is 19.3. The standard InChI is InChI=1S/C26H23ClN2O4/c1-4-33-20-12-10-19(11-13-20)29-25(30)23(17-7-5-16(2)6-8-17)24(26(29)31)28-21-15-18(27)9-14-22(21)32-3/h5-15,28H,4H2,1-3H3. The number of benzene rings is 3. The van der Waals surface area contributed by atoms with Gasteiger partial charge in [-0.2, -0.15) is 0 Å². The molecule has 0 spiro atoms. The molecular weight excluding hydrogens is 440 g/mol. The molecule has 4 rings (SSSR count). The van der Waals surface area contributed by atoms with Crippen molar-refractivity contribution in [2.24, 2.45) is 0 Å². The maximum atomic E-state index is 13.6. The Morgan fingerprint density at radius 3 is 2.27 bits per heavy atom. The number of nitrogens with zero attached hydrogens (tertiary/aromatic N) is 1. The molecule has 1 aliphatic heterocycles. The van der Waals surface area contributed by atoms with Gasteiger partial charge in [-0.25, -0.2) is 4.90 Å². The van der Waals surface area contributed by atoms with Crippen LogP contribution in [0.3, 0.4) is 0 Å². The van der Waals surface area contributed by atoms with Gasteiger partial charge in [0.05, 0.1) is 30.7 Å². The van der Waals surface area contributed by atoms with Gasteiger partial charge in [0, 0.05) is 5.02 Å². The van der Waals surface area contributed by atoms with Crippen LogP contribution in [0.1, 0.15) is 18.1 Å². The largest absolute Gasteiger partial charge is 0.495 e. The van der Waals surface area contributed by atoms with E-state index in [0.29, 0.717) is 40.1 Å². The minimum atomic E-state index is -0.471. The summed E-state index contributed by atoms with van der Waals surface area (Å²) < 4.78 is 10.9. The van der Waals surface area contributed by atoms with Crippen molar-refractivity contribution in [3.63, 3.8) is 0 Å². The van der Waals surface area contributed by atoms with Crippen molar-refractivity contribution in [1.82, 2.24) is 0 Å². The van der Waals surface area contributed by atoms with Crippen LogP contribution in [0.15, 0.2) is 72.4 Å². The molecule has 0 aliphatic carbocycles. The lowest BCUT2D eigenvalue weighted by atomic mass is 10.0. The summed E-state index contributed by atoms with van der Waals surface area (Å²) in [5, 5.41) is 3.58. The molecule has 7 heteroatoms. The summed E-state index contributed by atoms with van der Waals surface area (Å²) in [4.78, 5) is 28.3. The van der Waals surface area contributed by atoms with Crippen LogP contribution in [0.4, 0.5) is 11.4 Å². The molecule has 0 aromatic heterocycles. The second-order valence-electron chi connectivity index (χ2n) is 7.46. The molecule has 1 aliphatic rings. The van der Waals surface area contributed by atoms with Crippen LogP contribution in [0.5, 0.6) is 11.5 Å². The summed E-state index contributed by atoms with van der Waals surface area (Å²) in [6.45, 7) is 4.37. The number of rotatable bonds is 7. The third-order valence-electron chi connectivity index (χ3n) is 5.25. The molecule has 33 heavy (non-hydrogen) atoms. The van der Waals surface area contributed by atoms with Gasteiger partial charge in [-0.05, 0) is 61.9 Å². The van der Waals surface area contributed by atoms with E-state index in [9.17, 15) is 9.59 Å². The second-order valence-corrected chi connectivity index (χ2v) is 7.89. The van der Waals surface area contributed by atoms with E-state index in [2.05, 4.69) is 5.32 Å². The first-order valence-corrected chi connectivity index (χ1v) is 10.8. The Morgan fingerprint density at radius 2 is 1.64 bits per heavy atom. The van der Waals surface area contributed by atoms with E-state index in [-0.39, 0.29) is 11.3 Å². The van der Waals surface area contributed by atoms with Crippen LogP contribution in [-0.4, -0.2) is 25.5 Å². The molecule has 3 aromatic carbocycles. The van der Waals surface area contributed by atoms with Gasteiger partial charge in [-0.3, -0.25) is 9.59 Å². The van der Waals surface area contributed by atoms with E-state index < -0.39 is 11.8 Å². The van der Waals surface area contributed by atoms with Gasteiger partial charge in [-0.1, -0.05) is 41.4 Å². The van der Waals surface area contributed by atoms with Gasteiger partial charge in [0.15, 0.2) is 0 Å². The number of carbonyl (C=O) groups excluding carboxylic acids is 2. The molecule has 168 valence electrons. The maximum Gasteiger partial charge on any atom is 0.282 e. The predicted octanol–water partition coefficient (Wildman–Crippen LogP) is 5.45. The number of anilines is 2. The molecule has 0 radical (unpaired) electrons. The number of hydrogen-bond acceptors (Lipinski definition) is 5. The Hall–Kier alpha value is -3.77. The van der Waals surface area contributed by atoms with E-state index in [4.69, 9.17) is 21.1 Å². The fourth-order valence-electron chi connectivity index (χ4n) is 3.64. The van der Waals surface area contributed by atoms with Gasteiger partial charge in [-0.15, -0.1) is 0 Å². The Balaban J connectivity index is 1.80. The molecule has 0 atom stereocenters. The molecule has 0 saturated heterocycles. The smallest absolute Gasteiger partial charge is 0.282 e. The molecule has 6 nitrogen and oxygen atoms in total. The Labute approximate surface area is 197 Å². The molecule has 0 bridgehead atoms. The molecule has 1 N–H and O–H groups in total. The number of nitrogens with one attached hydrogen (secondary N) is 1. The van der Waals surface area contributed by atoms with Gasteiger partial charge < -0.3 is 14.8 Å². The van der Waals surface area contributed by atoms with E-state index in [1.807, 2.05) is 38.1 Å². The zero-order valence-electron chi connectivity index (χ0n) is 18.5. The third kappa shape index (κ3) is 4.43. The van der Waals surface area contributed by atoms with Crippen molar-refractivity contribution in [3.05, 3.63) is 88.6 Å². The number of imide groups is 1. The number of aryl methyl sites for hydroxylation is 1. The van der Waals surface area contributed by atoms with Crippen molar-refractivity contribution in [1.29, 1.82) is 0 Å². The molecule has 3 aromatic rings. The average Bonchev–Trinajstić information content (AvgIpc) is 3.05. The Bertz CT molecular complexity index is 1230. The minimum Gasteiger partial charge on any atom is -0.495 e. The first-order chi connectivity index (χ1) is 15.9. The highest BCUT2D eigenvalue weighted by molar-refractivity contribution is 6.46. The number of halogens is 1. The van der Waals surface area contributed by atoms with Crippen LogP contribution < -0.4 is 19.7 Å². The molecule has 2 amide bonds. The van der Waals surface area contributed by atoms with Crippen LogP contribution in [0, 0.1) is 6.92 Å². The summed E-state index contributed by atoms with van der Waals surface area (Å²) in [5.74, 6) is 0.266. The monoisotopic (exact) mass is 462 g/mol. The first kappa shape index (κ1) is 22.4. The topological polar surface area (TPSA) is 67.9 Å². The summed E-state index contributed by atoms with van der Waals surface area (Å²) in [6, 6.07) is 19.3. The van der Waals surface area contributed by atoms with Crippen LogP contribution in [0.2, 0.25) is 5.02 Å². The Morgan fingerprint density at radius 1 is 0.939 bits per heavy atom. The van der Waals surface area contributed by atoms with Gasteiger partial charge in [0.2, 0.25) is 0 Å². The lowest BCUT2D eigenvalue weighted by molar-refractivity contribution is -0.120. The number of ether oxygens (including phenoxy) is 2. The predicted molar refractivity (Wildman–Crippen MR) is 130 cm³/mol. The van der Waals surface area contributed by atoms with Crippen molar-refractivity contribution in [2.75, 3.05) is 23.9 Å². The number of hydrogen-bond donors (Lipinski definition) is 1. The lowest BCUT2D eigenvalue weighted by Gasteiger charge is -2.16. The summed E-state index contributed by atoms with van der Waals surface area (Å²) in [7, 11) is 1.53. The van der Waals surface area contributed by atoms with E-state index in [0.717, 1.165) is 10.5 Å². The fourth-order valence-corrected chi connectivity index (χ4v) is 3.81. The Kier molecular flexibility index (Phi) is 6.38. The molecule has 0 fully saturated rings. The maximum absolute atomic E-state index is 13.6. The fraction of sp³-hybridized carbons (Fsp3) is 0.154. The van der Waals surface area contributed by atoms with Crippen molar-refractivity contribution >= 4 is 40.4 Å². The second kappa shape index (κ2) is 9.38. The quantitative estimate of drug-likeness (QED) is 0.473. The van der Waals surface area contributed by atoms with Crippen molar-refractivity contribution < 1.29 is 19.1 Å². The highest BCUT2D eigenvalue weighted by Gasteiger charge is 2.40. The first-order valence-electron chi connectivity index (χ1n) is 10.5. The van der Waals surface area contributed by atoms with E-state index in [1.54, 1.807) is 42.5 Å². The van der Waals surface area contributed by atoms with Crippen molar-refractivity contribution in [2.45, 2.75) is 13.8 Å². The lowest BCUT2D eigenvalue weighted by Crippen LogP contribution is -2.32. The van der Waals surface area contributed by atoms with E-state index >= 15 is 0 Å². The summed E-state index contributed by atoms with van der Waals surface area (Å²) in [5.41, 5.74) is 3.04. The van der Waals surface area contributed by atoms with E-state index in [1.165, 1.54) is 7.11 Å². The van der Waals surface area contributed by atoms with Crippen molar-refractivity contribution in [3.8, 4) is 11.5 Å². The van der Waals surface area contributed by atoms with Gasteiger partial charge in [0.25, 0.3) is 11.8 Å². The van der Waals surface area contributed by atoms with Crippen LogP contribution >= 0.6 is 11.6 Å². The molecular formula is C26H23ClN2O4. The van der Waals surface area contributed by atoms with Gasteiger partial charge >= 0.3 is 0 Å². The third-order valence-corrected chi connectivity index (χ3v) is 5.49.